The average molecular weight is 414 g/mol. The molecule has 0 bridgehead atoms. The van der Waals surface area contributed by atoms with E-state index in [4.69, 9.17) is 0 Å². The van der Waals surface area contributed by atoms with Crippen molar-refractivity contribution in [3.63, 3.8) is 0 Å². The maximum Gasteiger partial charge on any atom is 0.252 e. The normalized spacial score (nSPS) is 14.1. The molecule has 1 unspecified atom stereocenters. The highest BCUT2D eigenvalue weighted by atomic mass is 16.2. The van der Waals surface area contributed by atoms with E-state index in [0.29, 0.717) is 12.1 Å². The quantitative estimate of drug-likeness (QED) is 0.614. The molecule has 1 aliphatic heterocycles. The van der Waals surface area contributed by atoms with Gasteiger partial charge in [0, 0.05) is 30.9 Å². The van der Waals surface area contributed by atoms with Gasteiger partial charge in [0.15, 0.2) is 0 Å². The van der Waals surface area contributed by atoms with Crippen LogP contribution in [0, 0.1) is 0 Å². The third kappa shape index (κ3) is 5.31. The first-order valence-electron chi connectivity index (χ1n) is 10.7. The molecule has 0 aliphatic carbocycles. The van der Waals surface area contributed by atoms with Gasteiger partial charge in [0.25, 0.3) is 5.91 Å². The minimum absolute atomic E-state index is 0.237. The largest absolute Gasteiger partial charge is 0.372 e. The molecule has 2 amide bonds. The zero-order chi connectivity index (χ0) is 21.5. The summed E-state index contributed by atoms with van der Waals surface area (Å²) in [5.41, 5.74) is 3.52. The summed E-state index contributed by atoms with van der Waals surface area (Å²) in [6.07, 6.45) is 2.49. The number of amides is 2. The molecule has 0 spiro atoms. The lowest BCUT2D eigenvalue weighted by Crippen LogP contribution is -2.40. The Kier molecular flexibility index (Phi) is 6.62. The molecule has 3 aromatic rings. The Morgan fingerprint density at radius 1 is 0.806 bits per heavy atom. The van der Waals surface area contributed by atoms with Crippen molar-refractivity contribution >= 4 is 17.5 Å². The number of anilines is 1. The van der Waals surface area contributed by atoms with E-state index >= 15 is 0 Å². The molecule has 0 saturated carbocycles. The van der Waals surface area contributed by atoms with Crippen molar-refractivity contribution in [2.75, 3.05) is 18.0 Å². The highest BCUT2D eigenvalue weighted by Gasteiger charge is 2.23. The van der Waals surface area contributed by atoms with E-state index in [1.165, 1.54) is 18.5 Å². The summed E-state index contributed by atoms with van der Waals surface area (Å²) in [6, 6.07) is 25.8. The monoisotopic (exact) mass is 413 g/mol. The van der Waals surface area contributed by atoms with Gasteiger partial charge in [-0.15, -0.1) is 0 Å². The average Bonchev–Trinajstić information content (AvgIpc) is 3.37. The predicted molar refractivity (Wildman–Crippen MR) is 123 cm³/mol. The third-order valence-corrected chi connectivity index (χ3v) is 5.58. The van der Waals surface area contributed by atoms with E-state index < -0.39 is 6.04 Å². The number of benzene rings is 3. The van der Waals surface area contributed by atoms with E-state index in [2.05, 4.69) is 27.7 Å². The van der Waals surface area contributed by atoms with Crippen molar-refractivity contribution in [3.05, 3.63) is 102 Å². The van der Waals surface area contributed by atoms with E-state index in [1.54, 1.807) is 24.3 Å². The molecule has 1 fully saturated rings. The highest BCUT2D eigenvalue weighted by Crippen LogP contribution is 2.20. The van der Waals surface area contributed by atoms with Crippen LogP contribution in [0.15, 0.2) is 84.9 Å². The molecule has 3 aromatic carbocycles. The molecular formula is C26H27N3O2. The summed E-state index contributed by atoms with van der Waals surface area (Å²) < 4.78 is 0. The minimum atomic E-state index is -0.766. The third-order valence-electron chi connectivity index (χ3n) is 5.58. The van der Waals surface area contributed by atoms with Crippen LogP contribution >= 0.6 is 0 Å². The van der Waals surface area contributed by atoms with Gasteiger partial charge in [0.05, 0.1) is 0 Å². The van der Waals surface area contributed by atoms with E-state index in [9.17, 15) is 9.59 Å². The topological polar surface area (TPSA) is 61.4 Å². The second-order valence-electron chi connectivity index (χ2n) is 7.76. The zero-order valence-corrected chi connectivity index (χ0v) is 17.5. The first kappa shape index (κ1) is 20.7. The Morgan fingerprint density at radius 2 is 1.42 bits per heavy atom. The molecule has 158 valence electrons. The van der Waals surface area contributed by atoms with Gasteiger partial charge in [-0.1, -0.05) is 60.7 Å². The Morgan fingerprint density at radius 3 is 2.06 bits per heavy atom. The van der Waals surface area contributed by atoms with Crippen LogP contribution < -0.4 is 15.5 Å². The second kappa shape index (κ2) is 9.94. The smallest absolute Gasteiger partial charge is 0.252 e. The second-order valence-corrected chi connectivity index (χ2v) is 7.76. The molecule has 1 saturated heterocycles. The van der Waals surface area contributed by atoms with Crippen molar-refractivity contribution in [1.82, 2.24) is 10.6 Å². The number of hydrogen-bond donors (Lipinski definition) is 2. The van der Waals surface area contributed by atoms with Crippen LogP contribution in [0.2, 0.25) is 0 Å². The van der Waals surface area contributed by atoms with Crippen LogP contribution in [0.4, 0.5) is 5.69 Å². The Balaban J connectivity index is 1.42. The summed E-state index contributed by atoms with van der Waals surface area (Å²) in [7, 11) is 0. The lowest BCUT2D eigenvalue weighted by atomic mass is 10.0. The van der Waals surface area contributed by atoms with Crippen LogP contribution in [-0.4, -0.2) is 24.9 Å². The summed E-state index contributed by atoms with van der Waals surface area (Å²) in [5, 5.41) is 5.85. The van der Waals surface area contributed by atoms with E-state index in [0.717, 1.165) is 24.2 Å². The van der Waals surface area contributed by atoms with Gasteiger partial charge in [-0.25, -0.2) is 0 Å². The Bertz CT molecular complexity index is 998. The van der Waals surface area contributed by atoms with Gasteiger partial charge >= 0.3 is 0 Å². The van der Waals surface area contributed by atoms with Crippen molar-refractivity contribution < 1.29 is 9.59 Å². The standard InChI is InChI=1S/C26H27N3O2/c30-25(22-11-5-2-6-12-22)28-24(21-9-3-1-4-10-21)26(31)27-19-20-13-15-23(16-14-20)29-17-7-8-18-29/h1-6,9-16,24H,7-8,17-19H2,(H,27,31)(H,28,30). The fraction of sp³-hybridized carbons (Fsp3) is 0.231. The number of nitrogens with zero attached hydrogens (tertiary/aromatic N) is 1. The molecule has 4 rings (SSSR count). The first-order chi connectivity index (χ1) is 15.2. The fourth-order valence-electron chi connectivity index (χ4n) is 3.84. The van der Waals surface area contributed by atoms with Gasteiger partial charge in [0.2, 0.25) is 5.91 Å². The summed E-state index contributed by atoms with van der Waals surface area (Å²) in [6.45, 7) is 2.62. The fourth-order valence-corrected chi connectivity index (χ4v) is 3.84. The molecule has 5 nitrogen and oxygen atoms in total. The number of nitrogens with one attached hydrogen (secondary N) is 2. The highest BCUT2D eigenvalue weighted by molar-refractivity contribution is 5.97. The molecule has 31 heavy (non-hydrogen) atoms. The van der Waals surface area contributed by atoms with Crippen LogP contribution in [-0.2, 0) is 11.3 Å². The molecule has 1 atom stereocenters. The molecule has 1 heterocycles. The van der Waals surface area contributed by atoms with Gasteiger partial charge in [-0.2, -0.15) is 0 Å². The molecule has 1 aliphatic rings. The number of carbonyl (C=O) groups is 2. The summed E-state index contributed by atoms with van der Waals surface area (Å²) in [4.78, 5) is 28.1. The lowest BCUT2D eigenvalue weighted by molar-refractivity contribution is -0.123. The molecule has 5 heteroatoms. The number of hydrogen-bond acceptors (Lipinski definition) is 3. The summed E-state index contributed by atoms with van der Waals surface area (Å²) >= 11 is 0. The molecule has 0 aromatic heterocycles. The van der Waals surface area contributed by atoms with Crippen LogP contribution in [0.1, 0.15) is 40.4 Å². The molecule has 0 radical (unpaired) electrons. The van der Waals surface area contributed by atoms with Crippen molar-refractivity contribution in [1.29, 1.82) is 0 Å². The van der Waals surface area contributed by atoms with Gasteiger partial charge in [0.1, 0.15) is 6.04 Å². The van der Waals surface area contributed by atoms with Crippen molar-refractivity contribution in [2.45, 2.75) is 25.4 Å². The van der Waals surface area contributed by atoms with Gasteiger partial charge in [-0.3, -0.25) is 9.59 Å². The lowest BCUT2D eigenvalue weighted by Gasteiger charge is -2.20. The Labute approximate surface area is 183 Å². The van der Waals surface area contributed by atoms with Crippen molar-refractivity contribution in [3.8, 4) is 0 Å². The van der Waals surface area contributed by atoms with E-state index in [1.807, 2.05) is 48.5 Å². The van der Waals surface area contributed by atoms with Gasteiger partial charge in [-0.05, 0) is 48.2 Å². The van der Waals surface area contributed by atoms with Crippen molar-refractivity contribution in [2.24, 2.45) is 0 Å². The number of rotatable bonds is 7. The minimum Gasteiger partial charge on any atom is -0.372 e. The maximum absolute atomic E-state index is 13.0. The van der Waals surface area contributed by atoms with E-state index in [-0.39, 0.29) is 11.8 Å². The number of carbonyl (C=O) groups excluding carboxylic acids is 2. The predicted octanol–water partition coefficient (Wildman–Crippen LogP) is 4.07. The van der Waals surface area contributed by atoms with Gasteiger partial charge < -0.3 is 15.5 Å². The molecular weight excluding hydrogens is 386 g/mol. The Hall–Kier alpha value is -3.60. The zero-order valence-electron chi connectivity index (χ0n) is 17.5. The molecule has 2 N–H and O–H groups in total. The van der Waals surface area contributed by atoms with Crippen LogP contribution in [0.3, 0.4) is 0 Å². The van der Waals surface area contributed by atoms with Crippen LogP contribution in [0.5, 0.6) is 0 Å². The summed E-state index contributed by atoms with van der Waals surface area (Å²) in [5.74, 6) is -0.515. The maximum atomic E-state index is 13.0. The first-order valence-corrected chi connectivity index (χ1v) is 10.7. The van der Waals surface area contributed by atoms with Crippen LogP contribution in [0.25, 0.3) is 0 Å². The SMILES string of the molecule is O=C(NC(C(=O)NCc1ccc(N2CCCC2)cc1)c1ccccc1)c1ccccc1.